The second-order valence-corrected chi connectivity index (χ2v) is 10.3. The standard InChI is InChI=1S/C24H31N4S.C2HF3O2/c1-3-18-14-20(28-11-6-7-25-8-12-28)16-22-24(18)26-23-17(2)13-19(15-21(23)29-22)27-9-4-5-10-27;3-2(4,5)1(6)7/h13-16,25H,3-12H2,1-2H3;(H,6,7)/q+1;/p-1. The van der Waals surface area contributed by atoms with Gasteiger partial charge in [0, 0.05) is 56.2 Å². The molecule has 10 heteroatoms. The zero-order valence-electron chi connectivity index (χ0n) is 20.6. The van der Waals surface area contributed by atoms with Crippen molar-refractivity contribution in [3.05, 3.63) is 35.4 Å². The van der Waals surface area contributed by atoms with Crippen molar-refractivity contribution in [3.63, 3.8) is 0 Å². The number of aromatic nitrogens is 1. The Hall–Kier alpha value is -2.72. The number of aryl methyl sites for hydroxylation is 2. The molecule has 1 N–H and O–H groups in total. The second kappa shape index (κ2) is 11.1. The van der Waals surface area contributed by atoms with Crippen LogP contribution >= 0.6 is 11.3 Å². The number of carbonyl (C=O) groups excluding carboxylic acids is 1. The van der Waals surface area contributed by atoms with E-state index in [0.29, 0.717) is 0 Å². The fourth-order valence-electron chi connectivity index (χ4n) is 4.75. The van der Waals surface area contributed by atoms with Gasteiger partial charge < -0.3 is 25.0 Å². The topological polar surface area (TPSA) is 71.5 Å². The minimum atomic E-state index is -5.19. The van der Waals surface area contributed by atoms with E-state index in [1.54, 1.807) is 0 Å². The largest absolute Gasteiger partial charge is 0.542 e. The van der Waals surface area contributed by atoms with E-state index in [4.69, 9.17) is 14.9 Å². The van der Waals surface area contributed by atoms with E-state index in [1.165, 1.54) is 75.3 Å². The van der Waals surface area contributed by atoms with Gasteiger partial charge in [-0.2, -0.15) is 13.2 Å². The summed E-state index contributed by atoms with van der Waals surface area (Å²) >= 11 is 1.92. The van der Waals surface area contributed by atoms with E-state index in [0.717, 1.165) is 32.6 Å². The number of carboxylic acids is 1. The minimum absolute atomic E-state index is 1.02. The van der Waals surface area contributed by atoms with E-state index >= 15 is 0 Å². The van der Waals surface area contributed by atoms with E-state index in [1.807, 2.05) is 11.3 Å². The van der Waals surface area contributed by atoms with Gasteiger partial charge in [0.1, 0.15) is 17.0 Å². The third-order valence-corrected chi connectivity index (χ3v) is 7.68. The summed E-state index contributed by atoms with van der Waals surface area (Å²) in [6.07, 6.45) is -0.349. The van der Waals surface area contributed by atoms with Crippen molar-refractivity contribution in [1.29, 1.82) is 0 Å². The van der Waals surface area contributed by atoms with E-state index in [-0.39, 0.29) is 0 Å². The van der Waals surface area contributed by atoms with E-state index in [2.05, 4.69) is 53.2 Å². The lowest BCUT2D eigenvalue weighted by Crippen LogP contribution is -2.37. The second-order valence-electron chi connectivity index (χ2n) is 9.20. The molecule has 0 unspecified atom stereocenters. The van der Waals surface area contributed by atoms with Gasteiger partial charge in [0.2, 0.25) is 11.3 Å². The smallest absolute Gasteiger partial charge is 0.430 e. The molecule has 3 heterocycles. The van der Waals surface area contributed by atoms with Gasteiger partial charge in [-0.15, -0.1) is 0 Å². The van der Waals surface area contributed by atoms with Gasteiger partial charge in [-0.05, 0) is 62.4 Å². The highest BCUT2D eigenvalue weighted by molar-refractivity contribution is 7.24. The maximum absolute atomic E-state index is 10.5. The quantitative estimate of drug-likeness (QED) is 0.410. The van der Waals surface area contributed by atoms with Crippen molar-refractivity contribution in [2.75, 3.05) is 49.1 Å². The van der Waals surface area contributed by atoms with Crippen molar-refractivity contribution >= 4 is 49.1 Å². The molecule has 0 bridgehead atoms. The molecule has 2 aliphatic heterocycles. The molecule has 0 saturated carbocycles. The first-order chi connectivity index (χ1) is 17.2. The molecule has 0 spiro atoms. The number of hydrogen-bond acceptors (Lipinski definition) is 6. The van der Waals surface area contributed by atoms with Crippen molar-refractivity contribution in [2.24, 2.45) is 0 Å². The molecule has 0 amide bonds. The zero-order chi connectivity index (χ0) is 25.9. The summed E-state index contributed by atoms with van der Waals surface area (Å²) < 4.78 is 34.2. The Morgan fingerprint density at radius 3 is 2.19 bits per heavy atom. The number of anilines is 2. The Bertz CT molecular complexity index is 1240. The number of rotatable bonds is 3. The van der Waals surface area contributed by atoms with Crippen LogP contribution < -0.4 is 20.2 Å². The number of nitrogens with zero attached hydrogens (tertiary/aromatic N) is 3. The average Bonchev–Trinajstić information content (AvgIpc) is 3.24. The van der Waals surface area contributed by atoms with Crippen LogP contribution in [0.3, 0.4) is 0 Å². The Morgan fingerprint density at radius 1 is 0.972 bits per heavy atom. The van der Waals surface area contributed by atoms with Crippen LogP contribution in [0.2, 0.25) is 0 Å². The third kappa shape index (κ3) is 5.98. The van der Waals surface area contributed by atoms with Crippen molar-refractivity contribution in [2.45, 2.75) is 45.7 Å². The molecule has 1 aromatic heterocycles. The number of fused-ring (bicyclic) bond motifs is 2. The lowest BCUT2D eigenvalue weighted by atomic mass is 10.1. The average molecular weight is 521 g/mol. The molecule has 0 atom stereocenters. The number of carbonyl (C=O) groups is 1. The van der Waals surface area contributed by atoms with E-state index in [9.17, 15) is 13.2 Å². The Morgan fingerprint density at radius 2 is 1.56 bits per heavy atom. The number of benzene rings is 2. The molecule has 2 saturated heterocycles. The fraction of sp³-hybridized carbons (Fsp3) is 0.500. The van der Waals surface area contributed by atoms with Crippen LogP contribution in [0, 0.1) is 6.92 Å². The number of halogens is 3. The van der Waals surface area contributed by atoms with Gasteiger partial charge in [0.25, 0.3) is 9.40 Å². The van der Waals surface area contributed by atoms with Crippen LogP contribution in [0.25, 0.3) is 20.4 Å². The summed E-state index contributed by atoms with van der Waals surface area (Å²) in [6, 6.07) is 9.48. The highest BCUT2D eigenvalue weighted by atomic mass is 32.1. The summed E-state index contributed by atoms with van der Waals surface area (Å²) in [6.45, 7) is 11.2. The minimum Gasteiger partial charge on any atom is -0.542 e. The lowest BCUT2D eigenvalue weighted by Gasteiger charge is -2.22. The van der Waals surface area contributed by atoms with Gasteiger partial charge in [-0.25, -0.2) is 4.98 Å². The molecule has 2 aliphatic rings. The van der Waals surface area contributed by atoms with Crippen LogP contribution in [0.1, 0.15) is 37.3 Å². The van der Waals surface area contributed by atoms with Gasteiger partial charge in [0.15, 0.2) is 0 Å². The first-order valence-corrected chi connectivity index (χ1v) is 13.2. The van der Waals surface area contributed by atoms with Crippen LogP contribution in [-0.2, 0) is 11.2 Å². The predicted octanol–water partition coefficient (Wildman–Crippen LogP) is 4.30. The molecular weight excluding hydrogens is 489 g/mol. The van der Waals surface area contributed by atoms with Gasteiger partial charge >= 0.3 is 6.18 Å². The number of alkyl halides is 3. The first kappa shape index (κ1) is 26.3. The lowest BCUT2D eigenvalue weighted by molar-refractivity contribution is -0.344. The van der Waals surface area contributed by atoms with Crippen LogP contribution in [-0.4, -0.2) is 56.4 Å². The summed E-state index contributed by atoms with van der Waals surface area (Å²) in [7, 11) is 0. The zero-order valence-corrected chi connectivity index (χ0v) is 21.4. The van der Waals surface area contributed by atoms with Crippen LogP contribution in [0.15, 0.2) is 24.3 Å². The van der Waals surface area contributed by atoms with Crippen molar-refractivity contribution in [1.82, 2.24) is 10.3 Å². The summed E-state index contributed by atoms with van der Waals surface area (Å²) in [5.74, 6) is -3.01. The highest BCUT2D eigenvalue weighted by Gasteiger charge is 2.29. The Kier molecular flexibility index (Phi) is 8.14. The molecule has 2 fully saturated rings. The van der Waals surface area contributed by atoms with Crippen molar-refractivity contribution in [3.8, 4) is 0 Å². The fourth-order valence-corrected chi connectivity index (χ4v) is 5.92. The first-order valence-electron chi connectivity index (χ1n) is 12.4. The van der Waals surface area contributed by atoms with E-state index < -0.39 is 12.1 Å². The molecule has 0 radical (unpaired) electrons. The predicted molar refractivity (Wildman–Crippen MR) is 138 cm³/mol. The Balaban J connectivity index is 0.000000384. The van der Waals surface area contributed by atoms with Crippen molar-refractivity contribution < 1.29 is 23.1 Å². The number of aliphatic carboxylic acids is 1. The summed E-state index contributed by atoms with van der Waals surface area (Å²) in [4.78, 5) is 19.0. The SMILES string of the molecule is CCc1cc(N2CCCNCC2)cc2[s+]c3cc(N4CCCC4)cc(C)c3nc12.O=C([O-])C(F)(F)F. The van der Waals surface area contributed by atoms with Gasteiger partial charge in [0.05, 0.1) is 0 Å². The molecule has 2 aromatic carbocycles. The maximum Gasteiger partial charge on any atom is 0.430 e. The molecular formula is C26H31F3N4O2S. The maximum atomic E-state index is 10.5. The molecule has 3 aromatic rings. The normalized spacial score (nSPS) is 16.7. The molecule has 5 rings (SSSR count). The van der Waals surface area contributed by atoms with Crippen LogP contribution in [0.4, 0.5) is 24.5 Å². The molecule has 6 nitrogen and oxygen atoms in total. The summed E-state index contributed by atoms with van der Waals surface area (Å²) in [5, 5.41) is 12.3. The summed E-state index contributed by atoms with van der Waals surface area (Å²) in [5.41, 5.74) is 7.77. The monoisotopic (exact) mass is 520 g/mol. The number of carboxylic acid groups (broad SMARTS) is 1. The number of hydrogen-bond donors (Lipinski definition) is 1. The van der Waals surface area contributed by atoms with Crippen LogP contribution in [0.5, 0.6) is 0 Å². The molecule has 194 valence electrons. The number of nitrogens with one attached hydrogen (secondary N) is 1. The highest BCUT2D eigenvalue weighted by Crippen LogP contribution is 2.36. The molecule has 0 aliphatic carbocycles. The van der Waals surface area contributed by atoms with Gasteiger partial charge in [-0.3, -0.25) is 0 Å². The van der Waals surface area contributed by atoms with Gasteiger partial charge in [-0.1, -0.05) is 6.92 Å². The molecule has 36 heavy (non-hydrogen) atoms. The Labute approximate surface area is 212 Å². The third-order valence-electron chi connectivity index (χ3n) is 6.62.